The molecule has 0 bridgehead atoms. The highest BCUT2D eigenvalue weighted by Crippen LogP contribution is 2.21. The summed E-state index contributed by atoms with van der Waals surface area (Å²) in [6.07, 6.45) is 1.77. The van der Waals surface area contributed by atoms with Crippen LogP contribution in [-0.4, -0.2) is 22.6 Å². The molecule has 0 aromatic carbocycles. The molecule has 0 fully saturated rings. The molecule has 1 rings (SSSR count). The van der Waals surface area contributed by atoms with Gasteiger partial charge in [0.1, 0.15) is 5.69 Å². The topological polar surface area (TPSA) is 60.0 Å². The fourth-order valence-electron chi connectivity index (χ4n) is 1.81. The molecule has 1 heterocycles. The van der Waals surface area contributed by atoms with Gasteiger partial charge in [0, 0.05) is 18.8 Å². The molecule has 5 heteroatoms. The summed E-state index contributed by atoms with van der Waals surface area (Å²) < 4.78 is 1.87. The molecule has 1 aromatic heterocycles. The third kappa shape index (κ3) is 3.51. The summed E-state index contributed by atoms with van der Waals surface area (Å²) in [5.74, 6) is 0.113. The smallest absolute Gasteiger partial charge is 0.268 e. The van der Waals surface area contributed by atoms with Crippen LogP contribution in [0.15, 0.2) is 12.3 Å². The maximum atomic E-state index is 12.4. The van der Waals surface area contributed by atoms with Crippen LogP contribution in [0.5, 0.6) is 0 Å². The predicted octanol–water partition coefficient (Wildman–Crippen LogP) is 2.83. The third-order valence-electron chi connectivity index (χ3n) is 3.70. The molecule has 1 aromatic rings. The number of aromatic nitrogens is 1. The summed E-state index contributed by atoms with van der Waals surface area (Å²) in [7, 11) is 0. The number of nitrogens with zero attached hydrogens (tertiary/aromatic N) is 1. The minimum absolute atomic E-state index is 0.137. The van der Waals surface area contributed by atoms with Gasteiger partial charge in [-0.2, -0.15) is 0 Å². The van der Waals surface area contributed by atoms with Crippen LogP contribution in [0.4, 0.5) is 0 Å². The van der Waals surface area contributed by atoms with E-state index in [2.05, 4.69) is 5.32 Å². The molecule has 0 saturated heterocycles. The fraction of sp³-hybridized carbons (Fsp3) is 0.643. The predicted molar refractivity (Wildman–Crippen MR) is 79.6 cm³/mol. The highest BCUT2D eigenvalue weighted by molar-refractivity contribution is 6.31. The van der Waals surface area contributed by atoms with Crippen LogP contribution in [0.25, 0.3) is 0 Å². The Hall–Kier alpha value is -1.00. The quantitative estimate of drug-likeness (QED) is 0.874. The zero-order chi connectivity index (χ0) is 14.8. The second-order valence-corrected chi connectivity index (χ2v) is 6.21. The number of nitrogens with one attached hydrogen (secondary N) is 1. The Kier molecular flexibility index (Phi) is 5.04. The molecule has 0 aliphatic rings. The van der Waals surface area contributed by atoms with Crippen LogP contribution in [0.2, 0.25) is 5.02 Å². The summed E-state index contributed by atoms with van der Waals surface area (Å²) in [5.41, 5.74) is 5.94. The highest BCUT2D eigenvalue weighted by Gasteiger charge is 2.30. The number of amides is 1. The number of hydrogen-bond donors (Lipinski definition) is 2. The molecule has 0 saturated carbocycles. The summed E-state index contributed by atoms with van der Waals surface area (Å²) in [4.78, 5) is 12.4. The minimum Gasteiger partial charge on any atom is -0.344 e. The molecule has 0 spiro atoms. The monoisotopic (exact) mass is 285 g/mol. The normalized spacial score (nSPS) is 14.8. The lowest BCUT2D eigenvalue weighted by atomic mass is 9.88. The van der Waals surface area contributed by atoms with Gasteiger partial charge in [-0.15, -0.1) is 0 Å². The number of hydrogen-bond acceptors (Lipinski definition) is 2. The van der Waals surface area contributed by atoms with Gasteiger partial charge in [0.15, 0.2) is 0 Å². The Balaban J connectivity index is 3.01. The van der Waals surface area contributed by atoms with Crippen molar-refractivity contribution >= 4 is 17.5 Å². The van der Waals surface area contributed by atoms with Crippen molar-refractivity contribution in [3.05, 3.63) is 23.0 Å². The van der Waals surface area contributed by atoms with E-state index >= 15 is 0 Å². The molecular formula is C14H24ClN3O. The van der Waals surface area contributed by atoms with Crippen molar-refractivity contribution in [2.45, 2.75) is 46.2 Å². The number of carbonyl (C=O) groups is 1. The van der Waals surface area contributed by atoms with Gasteiger partial charge in [-0.25, -0.2) is 0 Å². The van der Waals surface area contributed by atoms with Crippen LogP contribution in [0, 0.1) is 5.92 Å². The maximum absolute atomic E-state index is 12.4. The summed E-state index contributed by atoms with van der Waals surface area (Å²) in [6, 6.07) is 1.87. The number of nitrogens with two attached hydrogens (primary N) is 1. The molecule has 1 unspecified atom stereocenters. The SMILES string of the molecule is CC(C)n1cc(Cl)cc1C(=O)NC(C)(CN)C(C)C. The Bertz CT molecular complexity index is 454. The van der Waals surface area contributed by atoms with E-state index in [1.165, 1.54) is 0 Å². The zero-order valence-electron chi connectivity index (χ0n) is 12.3. The lowest BCUT2D eigenvalue weighted by Crippen LogP contribution is -2.55. The van der Waals surface area contributed by atoms with E-state index < -0.39 is 5.54 Å². The van der Waals surface area contributed by atoms with Crippen molar-refractivity contribution in [1.82, 2.24) is 9.88 Å². The molecule has 4 nitrogen and oxygen atoms in total. The summed E-state index contributed by atoms with van der Waals surface area (Å²) in [5, 5.41) is 3.59. The van der Waals surface area contributed by atoms with Crippen molar-refractivity contribution in [1.29, 1.82) is 0 Å². The van der Waals surface area contributed by atoms with Gasteiger partial charge in [0.25, 0.3) is 5.91 Å². The summed E-state index contributed by atoms with van der Waals surface area (Å²) in [6.45, 7) is 10.5. The second-order valence-electron chi connectivity index (χ2n) is 5.77. The molecule has 1 amide bonds. The van der Waals surface area contributed by atoms with Gasteiger partial charge in [0.2, 0.25) is 0 Å². The van der Waals surface area contributed by atoms with Crippen LogP contribution in [0.3, 0.4) is 0 Å². The van der Waals surface area contributed by atoms with Crippen LogP contribution < -0.4 is 11.1 Å². The Morgan fingerprint density at radius 2 is 2.05 bits per heavy atom. The van der Waals surface area contributed by atoms with Crippen LogP contribution >= 0.6 is 11.6 Å². The van der Waals surface area contributed by atoms with Crippen molar-refractivity contribution in [3.63, 3.8) is 0 Å². The van der Waals surface area contributed by atoms with Gasteiger partial charge in [-0.3, -0.25) is 4.79 Å². The fourth-order valence-corrected chi connectivity index (χ4v) is 2.02. The molecule has 0 radical (unpaired) electrons. The molecule has 108 valence electrons. The largest absolute Gasteiger partial charge is 0.344 e. The lowest BCUT2D eigenvalue weighted by molar-refractivity contribution is 0.0872. The first kappa shape index (κ1) is 16.1. The van der Waals surface area contributed by atoms with Crippen molar-refractivity contribution in [3.8, 4) is 0 Å². The number of halogens is 1. The van der Waals surface area contributed by atoms with Crippen LogP contribution in [0.1, 0.15) is 51.1 Å². The lowest BCUT2D eigenvalue weighted by Gasteiger charge is -2.33. The van der Waals surface area contributed by atoms with Gasteiger partial charge in [-0.05, 0) is 32.8 Å². The molecule has 1 atom stereocenters. The number of carbonyl (C=O) groups excluding carboxylic acids is 1. The van der Waals surface area contributed by atoms with E-state index in [4.69, 9.17) is 17.3 Å². The van der Waals surface area contributed by atoms with Crippen molar-refractivity contribution < 1.29 is 4.79 Å². The van der Waals surface area contributed by atoms with Gasteiger partial charge in [-0.1, -0.05) is 25.4 Å². The second kappa shape index (κ2) is 5.97. The Labute approximate surface area is 120 Å². The Morgan fingerprint density at radius 1 is 1.47 bits per heavy atom. The van der Waals surface area contributed by atoms with Crippen molar-refractivity contribution in [2.75, 3.05) is 6.54 Å². The van der Waals surface area contributed by atoms with E-state index in [1.54, 1.807) is 12.3 Å². The first-order valence-electron chi connectivity index (χ1n) is 6.61. The Morgan fingerprint density at radius 3 is 2.47 bits per heavy atom. The van der Waals surface area contributed by atoms with E-state index in [1.807, 2.05) is 39.2 Å². The van der Waals surface area contributed by atoms with E-state index in [0.717, 1.165) is 0 Å². The molecule has 3 N–H and O–H groups in total. The van der Waals surface area contributed by atoms with Crippen LogP contribution in [-0.2, 0) is 0 Å². The highest BCUT2D eigenvalue weighted by atomic mass is 35.5. The average Bonchev–Trinajstić information content (AvgIpc) is 2.71. The molecular weight excluding hydrogens is 262 g/mol. The minimum atomic E-state index is -0.421. The third-order valence-corrected chi connectivity index (χ3v) is 3.91. The van der Waals surface area contributed by atoms with Gasteiger partial charge in [0.05, 0.1) is 10.6 Å². The van der Waals surface area contributed by atoms with E-state index in [0.29, 0.717) is 17.3 Å². The molecule has 0 aliphatic heterocycles. The van der Waals surface area contributed by atoms with E-state index in [-0.39, 0.29) is 17.9 Å². The number of rotatable bonds is 5. The van der Waals surface area contributed by atoms with Gasteiger partial charge >= 0.3 is 0 Å². The first-order valence-corrected chi connectivity index (χ1v) is 6.99. The maximum Gasteiger partial charge on any atom is 0.268 e. The zero-order valence-corrected chi connectivity index (χ0v) is 13.1. The van der Waals surface area contributed by atoms with Gasteiger partial charge < -0.3 is 15.6 Å². The molecule has 19 heavy (non-hydrogen) atoms. The van der Waals surface area contributed by atoms with E-state index in [9.17, 15) is 4.79 Å². The average molecular weight is 286 g/mol. The molecule has 0 aliphatic carbocycles. The summed E-state index contributed by atoms with van der Waals surface area (Å²) >= 11 is 6.00. The first-order chi connectivity index (χ1) is 8.71. The standard InChI is InChI=1S/C14H24ClN3O/c1-9(2)14(5,8-16)17-13(19)12-6-11(15)7-18(12)10(3)4/h6-7,9-10H,8,16H2,1-5H3,(H,17,19). The van der Waals surface area contributed by atoms with Crippen molar-refractivity contribution in [2.24, 2.45) is 11.7 Å².